The first-order valence-corrected chi connectivity index (χ1v) is 5.42. The summed E-state index contributed by atoms with van der Waals surface area (Å²) in [6.07, 6.45) is 0. The minimum Gasteiger partial charge on any atom is -1.00 e. The Kier molecular flexibility index (Phi) is 4.96. The molecule has 0 aliphatic heterocycles. The minimum absolute atomic E-state index is 0. The highest BCUT2D eigenvalue weighted by atomic mass is 35.5. The van der Waals surface area contributed by atoms with Gasteiger partial charge in [0.25, 0.3) is 10.1 Å². The molecule has 0 atom stereocenters. The van der Waals surface area contributed by atoms with Crippen LogP contribution in [0, 0.1) is 5.39 Å². The normalized spacial score (nSPS) is 10.1. The van der Waals surface area contributed by atoms with Crippen molar-refractivity contribution in [1.82, 2.24) is 0 Å². The molecule has 0 heterocycles. The van der Waals surface area contributed by atoms with Gasteiger partial charge in [0.1, 0.15) is 15.7 Å². The Hall–Kier alpha value is -1.07. The molecule has 9 heteroatoms. The molecule has 0 amide bonds. The zero-order valence-corrected chi connectivity index (χ0v) is 10.2. The SMILES string of the molecule is COc1cc([N+]#N)cc(S(=O)(=O)O)c1Cl.[Cl-]. The van der Waals surface area contributed by atoms with E-state index in [0.717, 1.165) is 6.07 Å². The Bertz CT molecular complexity index is 538. The maximum absolute atomic E-state index is 10.9. The molecule has 1 rings (SSSR count). The van der Waals surface area contributed by atoms with Gasteiger partial charge in [0, 0.05) is 0 Å². The zero-order chi connectivity index (χ0) is 11.6. The van der Waals surface area contributed by atoms with Crippen molar-refractivity contribution in [2.24, 2.45) is 0 Å². The van der Waals surface area contributed by atoms with Gasteiger partial charge < -0.3 is 17.1 Å². The van der Waals surface area contributed by atoms with E-state index in [9.17, 15) is 8.42 Å². The van der Waals surface area contributed by atoms with Crippen molar-refractivity contribution >= 4 is 27.4 Å². The van der Waals surface area contributed by atoms with Gasteiger partial charge >= 0.3 is 5.69 Å². The largest absolute Gasteiger partial charge is 1.00 e. The number of rotatable bonds is 2. The molecule has 0 saturated heterocycles. The predicted molar refractivity (Wildman–Crippen MR) is 52.6 cm³/mol. The van der Waals surface area contributed by atoms with Crippen LogP contribution in [-0.4, -0.2) is 20.1 Å². The summed E-state index contributed by atoms with van der Waals surface area (Å²) in [5.41, 5.74) is -0.0936. The summed E-state index contributed by atoms with van der Waals surface area (Å²) < 4.78 is 35.3. The molecule has 88 valence electrons. The predicted octanol–water partition coefficient (Wildman–Crippen LogP) is -0.916. The second-order valence-electron chi connectivity index (χ2n) is 2.54. The van der Waals surface area contributed by atoms with Crippen molar-refractivity contribution < 1.29 is 30.1 Å². The summed E-state index contributed by atoms with van der Waals surface area (Å²) in [6.45, 7) is 0. The lowest BCUT2D eigenvalue weighted by Crippen LogP contribution is -3.00. The molecule has 1 aromatic carbocycles. The molecule has 16 heavy (non-hydrogen) atoms. The topological polar surface area (TPSA) is 91.8 Å². The molecule has 0 aliphatic carbocycles. The average Bonchev–Trinajstić information content (AvgIpc) is 2.16. The van der Waals surface area contributed by atoms with Crippen LogP contribution in [0.2, 0.25) is 5.02 Å². The quantitative estimate of drug-likeness (QED) is 0.560. The number of hydrogen-bond donors (Lipinski definition) is 1. The summed E-state index contributed by atoms with van der Waals surface area (Å²) in [5, 5.41) is 8.22. The number of halogens is 2. The number of nitrogens with zero attached hydrogens (tertiary/aromatic N) is 2. The van der Waals surface area contributed by atoms with Gasteiger partial charge in [0.05, 0.1) is 19.2 Å². The average molecular weight is 285 g/mol. The summed E-state index contributed by atoms with van der Waals surface area (Å²) >= 11 is 5.64. The van der Waals surface area contributed by atoms with Gasteiger partial charge in [-0.05, 0) is 0 Å². The standard InChI is InChI=1S/C7H5ClN2O4S.ClH/c1-14-5-2-4(10-9)3-6(7(5)8)15(11,12)13;/h2-3H,1H3;1H. The van der Waals surface area contributed by atoms with Gasteiger partial charge in [-0.3, -0.25) is 4.55 Å². The Morgan fingerprint density at radius 2 is 2.06 bits per heavy atom. The molecule has 1 N–H and O–H groups in total. The number of benzene rings is 1. The highest BCUT2D eigenvalue weighted by molar-refractivity contribution is 7.86. The second kappa shape index (κ2) is 5.32. The van der Waals surface area contributed by atoms with Gasteiger partial charge in [0.2, 0.25) is 5.39 Å². The second-order valence-corrected chi connectivity index (χ2v) is 4.30. The van der Waals surface area contributed by atoms with E-state index in [2.05, 4.69) is 4.98 Å². The van der Waals surface area contributed by atoms with E-state index in [1.165, 1.54) is 13.2 Å². The van der Waals surface area contributed by atoms with Crippen LogP contribution in [0.25, 0.3) is 4.98 Å². The van der Waals surface area contributed by atoms with Crippen LogP contribution in [0.4, 0.5) is 5.69 Å². The molecule has 0 radical (unpaired) electrons. The highest BCUT2D eigenvalue weighted by Gasteiger charge is 2.23. The third-order valence-electron chi connectivity index (χ3n) is 1.60. The van der Waals surface area contributed by atoms with Gasteiger partial charge in [-0.15, -0.1) is 0 Å². The molecule has 0 bridgehead atoms. The fourth-order valence-corrected chi connectivity index (χ4v) is 2.03. The first-order chi connectivity index (χ1) is 6.90. The van der Waals surface area contributed by atoms with Crippen molar-refractivity contribution in [2.45, 2.75) is 4.90 Å². The van der Waals surface area contributed by atoms with Crippen LogP contribution in [0.5, 0.6) is 5.75 Å². The van der Waals surface area contributed by atoms with Gasteiger partial charge in [0.15, 0.2) is 4.98 Å². The van der Waals surface area contributed by atoms with Crippen molar-refractivity contribution in [3.8, 4) is 5.75 Å². The lowest BCUT2D eigenvalue weighted by Gasteiger charge is -2.03. The molecule has 0 saturated carbocycles. The van der Waals surface area contributed by atoms with E-state index in [-0.39, 0.29) is 28.9 Å². The minimum atomic E-state index is -4.48. The van der Waals surface area contributed by atoms with Crippen LogP contribution < -0.4 is 17.1 Å². The molecular weight excluding hydrogens is 279 g/mol. The smallest absolute Gasteiger partial charge is 0.390 e. The number of methoxy groups -OCH3 is 1. The van der Waals surface area contributed by atoms with Crippen LogP contribution in [0.1, 0.15) is 0 Å². The maximum atomic E-state index is 10.9. The summed E-state index contributed by atoms with van der Waals surface area (Å²) in [5.74, 6) is -0.0143. The Balaban J connectivity index is 0.00000225. The first kappa shape index (κ1) is 14.9. The molecule has 0 spiro atoms. The zero-order valence-electron chi connectivity index (χ0n) is 7.89. The van der Waals surface area contributed by atoms with E-state index in [1.807, 2.05) is 0 Å². The fourth-order valence-electron chi connectivity index (χ4n) is 0.952. The number of ether oxygens (including phenoxy) is 1. The van der Waals surface area contributed by atoms with Crippen LogP contribution in [-0.2, 0) is 10.1 Å². The number of diazo groups is 1. The van der Waals surface area contributed by atoms with E-state index in [4.69, 9.17) is 26.3 Å². The Morgan fingerprint density at radius 1 is 1.50 bits per heavy atom. The molecule has 0 fully saturated rings. The molecule has 0 aliphatic rings. The lowest BCUT2D eigenvalue weighted by atomic mass is 10.3. The summed E-state index contributed by atoms with van der Waals surface area (Å²) in [6, 6.07) is 2.14. The molecule has 0 unspecified atom stereocenters. The molecule has 0 aromatic heterocycles. The van der Waals surface area contributed by atoms with Gasteiger partial charge in [-0.25, -0.2) is 0 Å². The molecule has 6 nitrogen and oxygen atoms in total. The Labute approximate surface area is 103 Å². The third-order valence-corrected chi connectivity index (χ3v) is 2.98. The summed E-state index contributed by atoms with van der Waals surface area (Å²) in [4.78, 5) is 2.21. The van der Waals surface area contributed by atoms with Crippen LogP contribution in [0.15, 0.2) is 17.0 Å². The van der Waals surface area contributed by atoms with Crippen molar-refractivity contribution in [2.75, 3.05) is 7.11 Å². The van der Waals surface area contributed by atoms with Crippen molar-refractivity contribution in [1.29, 1.82) is 5.39 Å². The summed E-state index contributed by atoms with van der Waals surface area (Å²) in [7, 11) is -3.22. The molecular formula is C7H6Cl2N2O4S. The highest BCUT2D eigenvalue weighted by Crippen LogP contribution is 2.35. The van der Waals surface area contributed by atoms with E-state index >= 15 is 0 Å². The monoisotopic (exact) mass is 284 g/mol. The van der Waals surface area contributed by atoms with Gasteiger partial charge in [-0.2, -0.15) is 8.42 Å². The lowest BCUT2D eigenvalue weighted by molar-refractivity contribution is -0.00000764. The first-order valence-electron chi connectivity index (χ1n) is 3.60. The Morgan fingerprint density at radius 3 is 2.44 bits per heavy atom. The maximum Gasteiger partial charge on any atom is 0.390 e. The van der Waals surface area contributed by atoms with E-state index < -0.39 is 15.0 Å². The molecule has 1 aromatic rings. The van der Waals surface area contributed by atoms with Crippen LogP contribution in [0.3, 0.4) is 0 Å². The number of hydrogen-bond acceptors (Lipinski definition) is 4. The van der Waals surface area contributed by atoms with Gasteiger partial charge in [-0.1, -0.05) is 11.6 Å². The van der Waals surface area contributed by atoms with Crippen molar-refractivity contribution in [3.63, 3.8) is 0 Å². The third kappa shape index (κ3) is 2.96. The van der Waals surface area contributed by atoms with Crippen LogP contribution >= 0.6 is 11.6 Å². The fraction of sp³-hybridized carbons (Fsp3) is 0.143. The van der Waals surface area contributed by atoms with Crippen molar-refractivity contribution in [3.05, 3.63) is 22.1 Å². The van der Waals surface area contributed by atoms with E-state index in [1.54, 1.807) is 0 Å². The van der Waals surface area contributed by atoms with E-state index in [0.29, 0.717) is 0 Å².